The van der Waals surface area contributed by atoms with Crippen LogP contribution >= 0.6 is 0 Å². The molecule has 2 heterocycles. The van der Waals surface area contributed by atoms with Crippen molar-refractivity contribution in [2.45, 2.75) is 0 Å². The SMILES string of the molecule is COc1ccccc1-c1c(N)n[nH]c1-c1ccncc1F. The van der Waals surface area contributed by atoms with Crippen molar-refractivity contribution in [1.29, 1.82) is 0 Å². The number of anilines is 1. The van der Waals surface area contributed by atoms with Crippen LogP contribution in [0.4, 0.5) is 10.2 Å². The van der Waals surface area contributed by atoms with Gasteiger partial charge in [-0.3, -0.25) is 10.1 Å². The van der Waals surface area contributed by atoms with Crippen LogP contribution < -0.4 is 10.5 Å². The zero-order chi connectivity index (χ0) is 14.8. The van der Waals surface area contributed by atoms with E-state index >= 15 is 0 Å². The molecule has 1 aromatic carbocycles. The number of methoxy groups -OCH3 is 1. The second kappa shape index (κ2) is 5.24. The standard InChI is InChI=1S/C15H13FN4O/c1-21-12-5-3-2-4-10(12)13-14(19-20-15(13)17)9-6-7-18-8-11(9)16/h2-8H,1H3,(H3,17,19,20). The molecule has 0 bridgehead atoms. The van der Waals surface area contributed by atoms with E-state index in [0.717, 1.165) is 11.8 Å². The molecular formula is C15H13FN4O. The zero-order valence-electron chi connectivity index (χ0n) is 11.3. The van der Waals surface area contributed by atoms with E-state index in [0.29, 0.717) is 22.6 Å². The zero-order valence-corrected chi connectivity index (χ0v) is 11.3. The molecule has 3 aromatic rings. The molecule has 0 aliphatic carbocycles. The molecule has 2 aromatic heterocycles. The number of para-hydroxylation sites is 1. The minimum absolute atomic E-state index is 0.283. The molecule has 0 radical (unpaired) electrons. The Hall–Kier alpha value is -2.89. The van der Waals surface area contributed by atoms with Crippen molar-refractivity contribution in [3.05, 3.63) is 48.5 Å². The van der Waals surface area contributed by atoms with Crippen LogP contribution in [0.2, 0.25) is 0 Å². The molecule has 0 atom stereocenters. The largest absolute Gasteiger partial charge is 0.496 e. The number of nitrogen functional groups attached to an aromatic ring is 1. The maximum Gasteiger partial charge on any atom is 0.153 e. The fraction of sp³-hybridized carbons (Fsp3) is 0.0667. The number of aromatic nitrogens is 3. The summed E-state index contributed by atoms with van der Waals surface area (Å²) in [5, 5.41) is 6.78. The summed E-state index contributed by atoms with van der Waals surface area (Å²) in [4.78, 5) is 3.75. The van der Waals surface area contributed by atoms with E-state index in [4.69, 9.17) is 10.5 Å². The quantitative estimate of drug-likeness (QED) is 0.775. The number of H-pyrrole nitrogens is 1. The molecule has 0 aliphatic heterocycles. The lowest BCUT2D eigenvalue weighted by Crippen LogP contribution is -1.93. The lowest BCUT2D eigenvalue weighted by Gasteiger charge is -2.10. The van der Waals surface area contributed by atoms with E-state index in [2.05, 4.69) is 15.2 Å². The van der Waals surface area contributed by atoms with E-state index in [1.807, 2.05) is 24.3 Å². The van der Waals surface area contributed by atoms with Gasteiger partial charge in [0.25, 0.3) is 0 Å². The molecular weight excluding hydrogens is 271 g/mol. The van der Waals surface area contributed by atoms with Crippen molar-refractivity contribution < 1.29 is 9.13 Å². The van der Waals surface area contributed by atoms with Gasteiger partial charge in [-0.05, 0) is 12.1 Å². The highest BCUT2D eigenvalue weighted by Crippen LogP contribution is 2.39. The monoisotopic (exact) mass is 284 g/mol. The van der Waals surface area contributed by atoms with E-state index in [1.165, 1.54) is 6.20 Å². The Morgan fingerprint density at radius 3 is 2.76 bits per heavy atom. The number of rotatable bonds is 3. The molecule has 0 aliphatic rings. The van der Waals surface area contributed by atoms with Crippen LogP contribution in [-0.2, 0) is 0 Å². The van der Waals surface area contributed by atoms with Crippen LogP contribution in [0.5, 0.6) is 5.75 Å². The highest BCUT2D eigenvalue weighted by molar-refractivity contribution is 5.90. The smallest absolute Gasteiger partial charge is 0.153 e. The van der Waals surface area contributed by atoms with Gasteiger partial charge in [-0.2, -0.15) is 5.10 Å². The van der Waals surface area contributed by atoms with E-state index in [9.17, 15) is 4.39 Å². The third-order valence-corrected chi connectivity index (χ3v) is 3.21. The Morgan fingerprint density at radius 2 is 2.00 bits per heavy atom. The maximum absolute atomic E-state index is 14.0. The van der Waals surface area contributed by atoms with Gasteiger partial charge in [0.1, 0.15) is 5.75 Å². The highest BCUT2D eigenvalue weighted by atomic mass is 19.1. The first-order chi connectivity index (χ1) is 10.2. The Balaban J connectivity index is 2.25. The first kappa shape index (κ1) is 13.1. The second-order valence-electron chi connectivity index (χ2n) is 4.41. The number of benzene rings is 1. The van der Waals surface area contributed by atoms with Crippen molar-refractivity contribution in [2.75, 3.05) is 12.8 Å². The first-order valence-electron chi connectivity index (χ1n) is 6.29. The van der Waals surface area contributed by atoms with Gasteiger partial charge in [0.05, 0.1) is 24.6 Å². The molecule has 0 fully saturated rings. The number of pyridine rings is 1. The third-order valence-electron chi connectivity index (χ3n) is 3.21. The highest BCUT2D eigenvalue weighted by Gasteiger charge is 2.19. The lowest BCUT2D eigenvalue weighted by molar-refractivity contribution is 0.416. The summed E-state index contributed by atoms with van der Waals surface area (Å²) in [6.07, 6.45) is 2.67. The third kappa shape index (κ3) is 2.20. The summed E-state index contributed by atoms with van der Waals surface area (Å²) >= 11 is 0. The fourth-order valence-corrected chi connectivity index (χ4v) is 2.25. The first-order valence-corrected chi connectivity index (χ1v) is 6.29. The predicted octanol–water partition coefficient (Wildman–Crippen LogP) is 2.87. The van der Waals surface area contributed by atoms with Gasteiger partial charge in [-0.25, -0.2) is 4.39 Å². The number of ether oxygens (including phenoxy) is 1. The van der Waals surface area contributed by atoms with Crippen LogP contribution in [-0.4, -0.2) is 22.3 Å². The lowest BCUT2D eigenvalue weighted by atomic mass is 10.0. The molecule has 5 nitrogen and oxygen atoms in total. The molecule has 6 heteroatoms. The predicted molar refractivity (Wildman–Crippen MR) is 78.2 cm³/mol. The van der Waals surface area contributed by atoms with Gasteiger partial charge in [0, 0.05) is 17.3 Å². The molecule has 0 saturated heterocycles. The van der Waals surface area contributed by atoms with Crippen LogP contribution in [0.1, 0.15) is 0 Å². The van der Waals surface area contributed by atoms with Crippen LogP contribution in [0.3, 0.4) is 0 Å². The minimum atomic E-state index is -0.447. The topological polar surface area (TPSA) is 76.8 Å². The molecule has 106 valence electrons. The summed E-state index contributed by atoms with van der Waals surface area (Å²) in [5.41, 5.74) is 8.16. The summed E-state index contributed by atoms with van der Waals surface area (Å²) in [5.74, 6) is 0.476. The number of hydrogen-bond donors (Lipinski definition) is 2. The van der Waals surface area contributed by atoms with Crippen LogP contribution in [0, 0.1) is 5.82 Å². The number of hydrogen-bond acceptors (Lipinski definition) is 4. The average molecular weight is 284 g/mol. The fourth-order valence-electron chi connectivity index (χ4n) is 2.25. The van der Waals surface area contributed by atoms with Gasteiger partial charge in [0.15, 0.2) is 11.6 Å². The van der Waals surface area contributed by atoms with Crippen molar-refractivity contribution in [3.8, 4) is 28.1 Å². The van der Waals surface area contributed by atoms with Crippen molar-refractivity contribution >= 4 is 5.82 Å². The molecule has 0 unspecified atom stereocenters. The number of nitrogens with one attached hydrogen (secondary N) is 1. The van der Waals surface area contributed by atoms with Gasteiger partial charge < -0.3 is 10.5 Å². The Morgan fingerprint density at radius 1 is 1.19 bits per heavy atom. The van der Waals surface area contributed by atoms with Gasteiger partial charge in [-0.15, -0.1) is 0 Å². The van der Waals surface area contributed by atoms with Gasteiger partial charge in [0.2, 0.25) is 0 Å². The Labute approximate surface area is 120 Å². The molecule has 3 rings (SSSR count). The van der Waals surface area contributed by atoms with Gasteiger partial charge in [-0.1, -0.05) is 18.2 Å². The molecule has 0 saturated carbocycles. The van der Waals surface area contributed by atoms with Crippen LogP contribution in [0.15, 0.2) is 42.7 Å². The Bertz CT molecular complexity index is 785. The van der Waals surface area contributed by atoms with Crippen LogP contribution in [0.25, 0.3) is 22.4 Å². The van der Waals surface area contributed by atoms with Crippen molar-refractivity contribution in [3.63, 3.8) is 0 Å². The second-order valence-corrected chi connectivity index (χ2v) is 4.41. The normalized spacial score (nSPS) is 10.6. The average Bonchev–Trinajstić information content (AvgIpc) is 2.89. The summed E-state index contributed by atoms with van der Waals surface area (Å²) < 4.78 is 19.3. The minimum Gasteiger partial charge on any atom is -0.496 e. The number of nitrogens with two attached hydrogens (primary N) is 1. The van der Waals surface area contributed by atoms with E-state index in [-0.39, 0.29) is 5.82 Å². The van der Waals surface area contributed by atoms with E-state index < -0.39 is 5.82 Å². The van der Waals surface area contributed by atoms with Crippen molar-refractivity contribution in [1.82, 2.24) is 15.2 Å². The summed E-state index contributed by atoms with van der Waals surface area (Å²) in [6.45, 7) is 0. The molecule has 0 amide bonds. The Kier molecular flexibility index (Phi) is 3.27. The van der Waals surface area contributed by atoms with Gasteiger partial charge >= 0.3 is 0 Å². The maximum atomic E-state index is 14.0. The summed E-state index contributed by atoms with van der Waals surface area (Å²) in [6, 6.07) is 8.95. The number of nitrogens with zero attached hydrogens (tertiary/aromatic N) is 2. The van der Waals surface area contributed by atoms with Crippen molar-refractivity contribution in [2.24, 2.45) is 0 Å². The van der Waals surface area contributed by atoms with E-state index in [1.54, 1.807) is 13.2 Å². The number of aromatic amines is 1. The summed E-state index contributed by atoms with van der Waals surface area (Å²) in [7, 11) is 1.57. The molecule has 0 spiro atoms. The molecule has 21 heavy (non-hydrogen) atoms. The number of halogens is 1. The molecule has 3 N–H and O–H groups in total.